The zero-order valence-corrected chi connectivity index (χ0v) is 11.4. The van der Waals surface area contributed by atoms with Crippen molar-refractivity contribution in [2.75, 3.05) is 12.3 Å². The maximum absolute atomic E-state index is 12.2. The third-order valence-electron chi connectivity index (χ3n) is 3.37. The molecule has 0 spiro atoms. The number of sulfone groups is 1. The Hall–Kier alpha value is -0.0900. The van der Waals surface area contributed by atoms with Crippen LogP contribution >= 0.6 is 0 Å². The average molecular weight is 247 g/mol. The molecular weight excluding hydrogens is 222 g/mol. The van der Waals surface area contributed by atoms with Gasteiger partial charge in [-0.05, 0) is 25.8 Å². The van der Waals surface area contributed by atoms with Crippen molar-refractivity contribution in [2.24, 2.45) is 0 Å². The summed E-state index contributed by atoms with van der Waals surface area (Å²) in [5.41, 5.74) is 0. The number of nitrogens with one attached hydrogen (secondary N) is 1. The molecule has 2 atom stereocenters. The van der Waals surface area contributed by atoms with E-state index in [1.165, 1.54) is 6.42 Å². The Labute approximate surface area is 99.9 Å². The highest BCUT2D eigenvalue weighted by Crippen LogP contribution is 2.24. The van der Waals surface area contributed by atoms with Crippen LogP contribution < -0.4 is 5.32 Å². The predicted molar refractivity (Wildman–Crippen MR) is 68.4 cm³/mol. The van der Waals surface area contributed by atoms with Crippen LogP contribution in [-0.2, 0) is 9.84 Å². The van der Waals surface area contributed by atoms with Crippen molar-refractivity contribution in [1.82, 2.24) is 5.32 Å². The van der Waals surface area contributed by atoms with Crippen LogP contribution in [0.1, 0.15) is 52.4 Å². The fraction of sp³-hybridized carbons (Fsp3) is 1.00. The summed E-state index contributed by atoms with van der Waals surface area (Å²) in [6, 6.07) is 0.184. The van der Waals surface area contributed by atoms with E-state index in [9.17, 15) is 8.42 Å². The number of rotatable bonds is 5. The second kappa shape index (κ2) is 6.60. The Morgan fingerprint density at radius 2 is 1.81 bits per heavy atom. The average Bonchev–Trinajstić information content (AvgIpc) is 2.44. The normalized spacial score (nSPS) is 27.6. The van der Waals surface area contributed by atoms with Gasteiger partial charge in [0.2, 0.25) is 0 Å². The first-order valence-electron chi connectivity index (χ1n) is 6.56. The van der Waals surface area contributed by atoms with Crippen LogP contribution in [0.25, 0.3) is 0 Å². The largest absolute Gasteiger partial charge is 0.313 e. The fourth-order valence-electron chi connectivity index (χ4n) is 2.64. The minimum absolute atomic E-state index is 0.144. The summed E-state index contributed by atoms with van der Waals surface area (Å²) in [4.78, 5) is 0. The van der Waals surface area contributed by atoms with E-state index < -0.39 is 9.84 Å². The Kier molecular flexibility index (Phi) is 5.76. The van der Waals surface area contributed by atoms with Crippen molar-refractivity contribution in [2.45, 2.75) is 63.7 Å². The van der Waals surface area contributed by atoms with Crippen molar-refractivity contribution < 1.29 is 8.42 Å². The molecule has 1 rings (SSSR count). The molecule has 0 aromatic carbocycles. The summed E-state index contributed by atoms with van der Waals surface area (Å²) < 4.78 is 24.4. The van der Waals surface area contributed by atoms with Gasteiger partial charge in [-0.3, -0.25) is 0 Å². The molecule has 0 aromatic rings. The molecule has 0 heterocycles. The maximum Gasteiger partial charge on any atom is 0.154 e. The van der Waals surface area contributed by atoms with Gasteiger partial charge in [0.05, 0.1) is 11.0 Å². The van der Waals surface area contributed by atoms with E-state index in [0.29, 0.717) is 5.75 Å². The van der Waals surface area contributed by atoms with Crippen molar-refractivity contribution in [3.63, 3.8) is 0 Å². The van der Waals surface area contributed by atoms with Crippen LogP contribution in [0, 0.1) is 0 Å². The third kappa shape index (κ3) is 3.74. The monoisotopic (exact) mass is 247 g/mol. The first-order chi connectivity index (χ1) is 7.61. The molecule has 1 aliphatic carbocycles. The molecule has 0 amide bonds. The van der Waals surface area contributed by atoms with Crippen LogP contribution in [0.2, 0.25) is 0 Å². The minimum Gasteiger partial charge on any atom is -0.313 e. The third-order valence-corrected chi connectivity index (χ3v) is 5.83. The van der Waals surface area contributed by atoms with Gasteiger partial charge in [-0.25, -0.2) is 8.42 Å². The van der Waals surface area contributed by atoms with Gasteiger partial charge in [0.1, 0.15) is 0 Å². The number of hydrogen-bond donors (Lipinski definition) is 1. The summed E-state index contributed by atoms with van der Waals surface area (Å²) in [5.74, 6) is 0.347. The van der Waals surface area contributed by atoms with Gasteiger partial charge in [0.25, 0.3) is 0 Å². The lowest BCUT2D eigenvalue weighted by molar-refractivity contribution is 0.460. The highest BCUT2D eigenvalue weighted by atomic mass is 32.2. The van der Waals surface area contributed by atoms with Gasteiger partial charge in [0.15, 0.2) is 9.84 Å². The molecule has 3 nitrogen and oxygen atoms in total. The summed E-state index contributed by atoms with van der Waals surface area (Å²) in [5, 5.41) is 3.22. The van der Waals surface area contributed by atoms with Crippen molar-refractivity contribution in [3.8, 4) is 0 Å². The van der Waals surface area contributed by atoms with Crippen molar-refractivity contribution in [1.29, 1.82) is 0 Å². The Bertz CT molecular complexity index is 287. The van der Waals surface area contributed by atoms with Gasteiger partial charge in [-0.15, -0.1) is 0 Å². The molecule has 16 heavy (non-hydrogen) atoms. The summed E-state index contributed by atoms with van der Waals surface area (Å²) in [7, 11) is -2.89. The van der Waals surface area contributed by atoms with Crippen molar-refractivity contribution >= 4 is 9.84 Å². The predicted octanol–water partition coefficient (Wildman–Crippen LogP) is 2.12. The first kappa shape index (κ1) is 14.0. The molecule has 0 aliphatic heterocycles. The Morgan fingerprint density at radius 3 is 2.44 bits per heavy atom. The minimum atomic E-state index is -2.89. The zero-order valence-electron chi connectivity index (χ0n) is 10.5. The lowest BCUT2D eigenvalue weighted by atomic mass is 10.1. The highest BCUT2D eigenvalue weighted by molar-refractivity contribution is 7.92. The first-order valence-corrected chi connectivity index (χ1v) is 8.28. The molecule has 2 unspecified atom stereocenters. The van der Waals surface area contributed by atoms with E-state index >= 15 is 0 Å². The van der Waals surface area contributed by atoms with Crippen LogP contribution in [0.3, 0.4) is 0 Å². The lowest BCUT2D eigenvalue weighted by Crippen LogP contribution is -2.44. The molecule has 1 saturated carbocycles. The van der Waals surface area contributed by atoms with E-state index in [-0.39, 0.29) is 11.3 Å². The maximum atomic E-state index is 12.2. The SMILES string of the molecule is CCCS(=O)(=O)C1CCCCCC1NCC. The van der Waals surface area contributed by atoms with E-state index in [1.807, 2.05) is 13.8 Å². The van der Waals surface area contributed by atoms with Gasteiger partial charge < -0.3 is 5.32 Å². The molecule has 0 radical (unpaired) electrons. The van der Waals surface area contributed by atoms with Crippen molar-refractivity contribution in [3.05, 3.63) is 0 Å². The summed E-state index contributed by atoms with van der Waals surface area (Å²) >= 11 is 0. The Balaban J connectivity index is 2.78. The van der Waals surface area contributed by atoms with E-state index in [4.69, 9.17) is 0 Å². The molecule has 4 heteroatoms. The second-order valence-electron chi connectivity index (χ2n) is 4.71. The molecule has 1 fully saturated rings. The number of hydrogen-bond acceptors (Lipinski definition) is 3. The van der Waals surface area contributed by atoms with E-state index in [0.717, 1.165) is 38.6 Å². The highest BCUT2D eigenvalue weighted by Gasteiger charge is 2.32. The fourth-order valence-corrected chi connectivity index (χ4v) is 4.77. The van der Waals surface area contributed by atoms with E-state index in [2.05, 4.69) is 5.32 Å². The topological polar surface area (TPSA) is 46.2 Å². The molecule has 1 aliphatic rings. The molecule has 1 N–H and O–H groups in total. The van der Waals surface area contributed by atoms with Crippen LogP contribution in [-0.4, -0.2) is 32.0 Å². The van der Waals surface area contributed by atoms with Gasteiger partial charge >= 0.3 is 0 Å². The van der Waals surface area contributed by atoms with Gasteiger partial charge in [0, 0.05) is 6.04 Å². The Morgan fingerprint density at radius 1 is 1.12 bits per heavy atom. The lowest BCUT2D eigenvalue weighted by Gasteiger charge is -2.25. The molecule has 0 aromatic heterocycles. The van der Waals surface area contributed by atoms with Gasteiger partial charge in [-0.1, -0.05) is 33.1 Å². The van der Waals surface area contributed by atoms with E-state index in [1.54, 1.807) is 0 Å². The molecule has 0 saturated heterocycles. The zero-order chi connectivity index (χ0) is 12.0. The molecule has 96 valence electrons. The standard InChI is InChI=1S/C12H25NO2S/c1-3-10-16(14,15)12-9-7-5-6-8-11(12)13-4-2/h11-13H,3-10H2,1-2H3. The second-order valence-corrected chi connectivity index (χ2v) is 7.05. The quantitative estimate of drug-likeness (QED) is 0.757. The van der Waals surface area contributed by atoms with Crippen LogP contribution in [0.5, 0.6) is 0 Å². The van der Waals surface area contributed by atoms with Crippen LogP contribution in [0.15, 0.2) is 0 Å². The summed E-state index contributed by atoms with van der Waals surface area (Å²) in [6.07, 6.45) is 6.00. The smallest absolute Gasteiger partial charge is 0.154 e. The molecular formula is C12H25NO2S. The summed E-state index contributed by atoms with van der Waals surface area (Å²) in [6.45, 7) is 4.85. The van der Waals surface area contributed by atoms with Gasteiger partial charge in [-0.2, -0.15) is 0 Å². The molecule has 0 bridgehead atoms. The van der Waals surface area contributed by atoms with Crippen LogP contribution in [0.4, 0.5) is 0 Å².